The summed E-state index contributed by atoms with van der Waals surface area (Å²) in [7, 11) is 0. The molecule has 0 radical (unpaired) electrons. The minimum Gasteiger partial charge on any atom is -0.398 e. The first-order valence-corrected chi connectivity index (χ1v) is 7.31. The average molecular weight is 297 g/mol. The topological polar surface area (TPSA) is 29.3 Å². The molecule has 0 amide bonds. The summed E-state index contributed by atoms with van der Waals surface area (Å²) in [5.41, 5.74) is 8.08. The van der Waals surface area contributed by atoms with Gasteiger partial charge < -0.3 is 5.73 Å². The summed E-state index contributed by atoms with van der Waals surface area (Å²) in [6, 6.07) is 6.30. The summed E-state index contributed by atoms with van der Waals surface area (Å²) in [6.07, 6.45) is 6.87. The number of rotatable bonds is 2. The van der Waals surface area contributed by atoms with Gasteiger partial charge in [-0.05, 0) is 59.6 Å². The molecule has 0 atom stereocenters. The van der Waals surface area contributed by atoms with Crippen LogP contribution in [-0.4, -0.2) is 18.0 Å². The molecule has 0 bridgehead atoms. The summed E-state index contributed by atoms with van der Waals surface area (Å²) in [4.78, 5) is 2.56. The van der Waals surface area contributed by atoms with Crippen LogP contribution in [0.25, 0.3) is 0 Å². The monoisotopic (exact) mass is 296 g/mol. The SMILES string of the molecule is Nc1cc(CN2CCCCCCC2)ccc1Br. The third-order valence-electron chi connectivity index (χ3n) is 3.42. The number of likely N-dealkylation sites (tertiary alicyclic amines) is 1. The Morgan fingerprint density at radius 1 is 1.06 bits per heavy atom. The lowest BCUT2D eigenvalue weighted by molar-refractivity contribution is 0.240. The van der Waals surface area contributed by atoms with Crippen molar-refractivity contribution in [2.45, 2.75) is 38.6 Å². The molecule has 1 aliphatic heterocycles. The maximum absolute atomic E-state index is 5.92. The molecular weight excluding hydrogens is 276 g/mol. The Morgan fingerprint density at radius 3 is 2.35 bits per heavy atom. The van der Waals surface area contributed by atoms with E-state index in [0.29, 0.717) is 0 Å². The van der Waals surface area contributed by atoms with Gasteiger partial charge >= 0.3 is 0 Å². The van der Waals surface area contributed by atoms with E-state index in [4.69, 9.17) is 5.73 Å². The van der Waals surface area contributed by atoms with E-state index in [2.05, 4.69) is 39.0 Å². The fraction of sp³-hybridized carbons (Fsp3) is 0.571. The van der Waals surface area contributed by atoms with Crippen LogP contribution in [-0.2, 0) is 6.54 Å². The Bertz CT molecular complexity index is 357. The highest BCUT2D eigenvalue weighted by atomic mass is 79.9. The zero-order chi connectivity index (χ0) is 12.1. The van der Waals surface area contributed by atoms with Gasteiger partial charge in [0.25, 0.3) is 0 Å². The minimum absolute atomic E-state index is 0.842. The van der Waals surface area contributed by atoms with Gasteiger partial charge in [-0.25, -0.2) is 0 Å². The predicted octanol–water partition coefficient (Wildman–Crippen LogP) is 3.80. The van der Waals surface area contributed by atoms with E-state index in [-0.39, 0.29) is 0 Å². The molecule has 0 unspecified atom stereocenters. The van der Waals surface area contributed by atoms with Crippen molar-refractivity contribution in [1.29, 1.82) is 0 Å². The zero-order valence-corrected chi connectivity index (χ0v) is 11.9. The molecule has 2 N–H and O–H groups in total. The van der Waals surface area contributed by atoms with Crippen LogP contribution >= 0.6 is 15.9 Å². The first kappa shape index (κ1) is 12.9. The third kappa shape index (κ3) is 4.00. The van der Waals surface area contributed by atoms with Gasteiger partial charge in [0.05, 0.1) is 0 Å². The summed E-state index contributed by atoms with van der Waals surface area (Å²) in [6.45, 7) is 3.50. The van der Waals surface area contributed by atoms with E-state index >= 15 is 0 Å². The van der Waals surface area contributed by atoms with Crippen molar-refractivity contribution >= 4 is 21.6 Å². The van der Waals surface area contributed by atoms with Gasteiger partial charge in [0.2, 0.25) is 0 Å². The molecule has 1 saturated heterocycles. The highest BCUT2D eigenvalue weighted by Gasteiger charge is 2.09. The van der Waals surface area contributed by atoms with Crippen LogP contribution in [0.15, 0.2) is 22.7 Å². The molecule has 0 spiro atoms. The molecule has 1 heterocycles. The van der Waals surface area contributed by atoms with Crippen LogP contribution in [0.1, 0.15) is 37.7 Å². The highest BCUT2D eigenvalue weighted by Crippen LogP contribution is 2.21. The van der Waals surface area contributed by atoms with Crippen molar-refractivity contribution in [3.8, 4) is 0 Å². The maximum atomic E-state index is 5.92. The van der Waals surface area contributed by atoms with Gasteiger partial charge in [-0.1, -0.05) is 25.3 Å². The molecule has 1 fully saturated rings. The summed E-state index contributed by atoms with van der Waals surface area (Å²) < 4.78 is 0.994. The average Bonchev–Trinajstić information content (AvgIpc) is 2.27. The molecule has 1 aliphatic rings. The number of hydrogen-bond donors (Lipinski definition) is 1. The standard InChI is InChI=1S/C14H21BrN2/c15-13-7-6-12(10-14(13)16)11-17-8-4-2-1-3-5-9-17/h6-7,10H,1-5,8-9,11,16H2. The number of benzene rings is 1. The van der Waals surface area contributed by atoms with Crippen molar-refractivity contribution in [2.75, 3.05) is 18.8 Å². The molecule has 94 valence electrons. The molecule has 0 aliphatic carbocycles. The number of halogens is 1. The van der Waals surface area contributed by atoms with E-state index in [9.17, 15) is 0 Å². The lowest BCUT2D eigenvalue weighted by Gasteiger charge is -2.24. The number of anilines is 1. The largest absolute Gasteiger partial charge is 0.398 e. The zero-order valence-electron chi connectivity index (χ0n) is 10.3. The van der Waals surface area contributed by atoms with Gasteiger partial charge in [0.15, 0.2) is 0 Å². The van der Waals surface area contributed by atoms with Gasteiger partial charge in [-0.3, -0.25) is 4.90 Å². The van der Waals surface area contributed by atoms with Gasteiger partial charge in [0.1, 0.15) is 0 Å². The van der Waals surface area contributed by atoms with E-state index in [1.54, 1.807) is 0 Å². The number of nitrogens with two attached hydrogens (primary N) is 1. The Labute approximate surface area is 112 Å². The second-order valence-electron chi connectivity index (χ2n) is 4.90. The molecule has 0 saturated carbocycles. The predicted molar refractivity (Wildman–Crippen MR) is 76.9 cm³/mol. The fourth-order valence-electron chi connectivity index (χ4n) is 2.42. The number of nitrogen functional groups attached to an aromatic ring is 1. The van der Waals surface area contributed by atoms with Crippen LogP contribution in [0.4, 0.5) is 5.69 Å². The molecule has 0 aromatic heterocycles. The van der Waals surface area contributed by atoms with Crippen LogP contribution in [0.3, 0.4) is 0 Å². The van der Waals surface area contributed by atoms with Crippen LogP contribution in [0.5, 0.6) is 0 Å². The first-order valence-electron chi connectivity index (χ1n) is 6.52. The Hall–Kier alpha value is -0.540. The van der Waals surface area contributed by atoms with Crippen molar-refractivity contribution < 1.29 is 0 Å². The normalized spacial score (nSPS) is 18.6. The third-order valence-corrected chi connectivity index (χ3v) is 4.14. The highest BCUT2D eigenvalue weighted by molar-refractivity contribution is 9.10. The summed E-state index contributed by atoms with van der Waals surface area (Å²) >= 11 is 3.44. The molecular formula is C14H21BrN2. The molecule has 2 rings (SSSR count). The lowest BCUT2D eigenvalue weighted by Crippen LogP contribution is -2.26. The van der Waals surface area contributed by atoms with E-state index in [1.165, 1.54) is 50.8 Å². The van der Waals surface area contributed by atoms with E-state index in [0.717, 1.165) is 16.7 Å². The van der Waals surface area contributed by atoms with E-state index < -0.39 is 0 Å². The summed E-state index contributed by atoms with van der Waals surface area (Å²) in [5, 5.41) is 0. The molecule has 1 aromatic rings. The molecule has 17 heavy (non-hydrogen) atoms. The maximum Gasteiger partial charge on any atom is 0.0461 e. The first-order chi connectivity index (χ1) is 8.25. The van der Waals surface area contributed by atoms with Crippen molar-refractivity contribution in [2.24, 2.45) is 0 Å². The minimum atomic E-state index is 0.842. The smallest absolute Gasteiger partial charge is 0.0461 e. The van der Waals surface area contributed by atoms with Gasteiger partial charge in [-0.15, -0.1) is 0 Å². The van der Waals surface area contributed by atoms with Gasteiger partial charge in [-0.2, -0.15) is 0 Å². The number of hydrogen-bond acceptors (Lipinski definition) is 2. The second kappa shape index (κ2) is 6.41. The summed E-state index contributed by atoms with van der Waals surface area (Å²) in [5.74, 6) is 0. The Kier molecular flexibility index (Phi) is 4.86. The van der Waals surface area contributed by atoms with Crippen molar-refractivity contribution in [3.63, 3.8) is 0 Å². The van der Waals surface area contributed by atoms with E-state index in [1.807, 2.05) is 0 Å². The van der Waals surface area contributed by atoms with Crippen molar-refractivity contribution in [3.05, 3.63) is 28.2 Å². The molecule has 2 nitrogen and oxygen atoms in total. The van der Waals surface area contributed by atoms with Crippen LogP contribution in [0, 0.1) is 0 Å². The Morgan fingerprint density at radius 2 is 1.71 bits per heavy atom. The van der Waals surface area contributed by atoms with Crippen LogP contribution in [0.2, 0.25) is 0 Å². The fourth-order valence-corrected chi connectivity index (χ4v) is 2.67. The second-order valence-corrected chi connectivity index (χ2v) is 5.75. The number of nitrogens with zero attached hydrogens (tertiary/aromatic N) is 1. The Balaban J connectivity index is 1.95. The molecule has 3 heteroatoms. The van der Waals surface area contributed by atoms with Crippen LogP contribution < -0.4 is 5.73 Å². The quantitative estimate of drug-likeness (QED) is 0.841. The lowest BCUT2D eigenvalue weighted by atomic mass is 10.1. The van der Waals surface area contributed by atoms with Gasteiger partial charge in [0, 0.05) is 16.7 Å². The molecule has 1 aromatic carbocycles. The van der Waals surface area contributed by atoms with Crippen molar-refractivity contribution in [1.82, 2.24) is 4.90 Å².